The highest BCUT2D eigenvalue weighted by Gasteiger charge is 2.32. The molecule has 3 aromatic heterocycles. The Morgan fingerprint density at radius 3 is 2.71 bits per heavy atom. The maximum atomic E-state index is 12.8. The van der Waals surface area contributed by atoms with Crippen molar-refractivity contribution in [2.24, 2.45) is 0 Å². The van der Waals surface area contributed by atoms with Crippen LogP contribution in [0.3, 0.4) is 0 Å². The van der Waals surface area contributed by atoms with Crippen LogP contribution in [0.5, 0.6) is 0 Å². The van der Waals surface area contributed by atoms with Crippen molar-refractivity contribution in [1.29, 1.82) is 0 Å². The van der Waals surface area contributed by atoms with Gasteiger partial charge in [0.15, 0.2) is 0 Å². The summed E-state index contributed by atoms with van der Waals surface area (Å²) in [7, 11) is 0. The fourth-order valence-corrected chi connectivity index (χ4v) is 2.54. The molecule has 0 fully saturated rings. The molecule has 0 aliphatic carbocycles. The van der Waals surface area contributed by atoms with Crippen molar-refractivity contribution >= 4 is 16.9 Å². The average Bonchev–Trinajstić information content (AvgIpc) is 3.03. The third kappa shape index (κ3) is 2.78. The van der Waals surface area contributed by atoms with Crippen LogP contribution in [-0.4, -0.2) is 9.38 Å². The number of nitrogens with zero attached hydrogens (tertiary/aromatic N) is 2. The second-order valence-electron chi connectivity index (χ2n) is 4.51. The van der Waals surface area contributed by atoms with Gasteiger partial charge in [-0.2, -0.15) is 24.5 Å². The Bertz CT molecular complexity index is 849. The topological polar surface area (TPSA) is 17.3 Å². The molecule has 0 aliphatic heterocycles. The van der Waals surface area contributed by atoms with Gasteiger partial charge in [0.25, 0.3) is 0 Å². The molecule has 0 unspecified atom stereocenters. The average molecular weight is 306 g/mol. The van der Waals surface area contributed by atoms with E-state index in [0.717, 1.165) is 17.8 Å². The van der Waals surface area contributed by atoms with Gasteiger partial charge < -0.3 is 4.40 Å². The lowest BCUT2D eigenvalue weighted by atomic mass is 10.2. The van der Waals surface area contributed by atoms with Gasteiger partial charge in [0.2, 0.25) is 0 Å². The normalized spacial score (nSPS) is 11.4. The first-order valence-corrected chi connectivity index (χ1v) is 6.98. The molecule has 21 heavy (non-hydrogen) atoms. The first kappa shape index (κ1) is 13.7. The van der Waals surface area contributed by atoms with Gasteiger partial charge in [0, 0.05) is 23.3 Å². The van der Waals surface area contributed by atoms with E-state index in [1.54, 1.807) is 13.1 Å². The Labute approximate surface area is 122 Å². The molecular weight excluding hydrogens is 297 g/mol. The maximum Gasteiger partial charge on any atom is 0.417 e. The van der Waals surface area contributed by atoms with Gasteiger partial charge in [0.05, 0.1) is 16.8 Å². The molecule has 0 radical (unpaired) electrons. The second-order valence-corrected chi connectivity index (χ2v) is 5.29. The Morgan fingerprint density at radius 2 is 2.05 bits per heavy atom. The smallest absolute Gasteiger partial charge is 0.319 e. The number of thiophene rings is 1. The first-order chi connectivity index (χ1) is 9.93. The number of halogens is 3. The summed E-state index contributed by atoms with van der Waals surface area (Å²) in [5.74, 6) is 5.76. The molecule has 0 N–H and O–H groups in total. The minimum Gasteiger partial charge on any atom is -0.319 e. The number of hydrogen-bond donors (Lipinski definition) is 0. The van der Waals surface area contributed by atoms with Crippen molar-refractivity contribution < 1.29 is 13.2 Å². The Morgan fingerprint density at radius 1 is 1.24 bits per heavy atom. The molecule has 2 nitrogen and oxygen atoms in total. The van der Waals surface area contributed by atoms with Gasteiger partial charge in [-0.25, -0.2) is 4.98 Å². The van der Waals surface area contributed by atoms with E-state index in [4.69, 9.17) is 0 Å². The van der Waals surface area contributed by atoms with Crippen LogP contribution in [0.25, 0.3) is 5.52 Å². The van der Waals surface area contributed by atoms with Gasteiger partial charge in [0.1, 0.15) is 5.69 Å². The summed E-state index contributed by atoms with van der Waals surface area (Å²) in [5, 5.41) is 3.77. The number of rotatable bonds is 0. The summed E-state index contributed by atoms with van der Waals surface area (Å²) in [6.07, 6.45) is -1.77. The lowest BCUT2D eigenvalue weighted by molar-refractivity contribution is -0.137. The van der Waals surface area contributed by atoms with Crippen LogP contribution in [0, 0.1) is 18.8 Å². The Kier molecular flexibility index (Phi) is 3.22. The lowest BCUT2D eigenvalue weighted by Crippen LogP contribution is -2.02. The maximum absolute atomic E-state index is 12.8. The summed E-state index contributed by atoms with van der Waals surface area (Å²) in [6.45, 7) is 1.72. The largest absolute Gasteiger partial charge is 0.417 e. The number of hydrogen-bond acceptors (Lipinski definition) is 2. The fourth-order valence-electron chi connectivity index (χ4n) is 1.95. The lowest BCUT2D eigenvalue weighted by Gasteiger charge is -2.00. The number of aryl methyl sites for hydroxylation is 1. The van der Waals surface area contributed by atoms with Crippen molar-refractivity contribution in [3.8, 4) is 11.8 Å². The van der Waals surface area contributed by atoms with Gasteiger partial charge in [-0.1, -0.05) is 5.92 Å². The summed E-state index contributed by atoms with van der Waals surface area (Å²) >= 11 is 1.51. The highest BCUT2D eigenvalue weighted by atomic mass is 32.1. The summed E-state index contributed by atoms with van der Waals surface area (Å²) < 4.78 is 39.8. The van der Waals surface area contributed by atoms with Crippen molar-refractivity contribution in [2.45, 2.75) is 13.1 Å². The molecule has 6 heteroatoms. The molecule has 3 heterocycles. The van der Waals surface area contributed by atoms with E-state index in [0.29, 0.717) is 16.9 Å². The fraction of sp³-hybridized carbons (Fsp3) is 0.133. The third-order valence-electron chi connectivity index (χ3n) is 2.88. The Hall–Kier alpha value is -2.26. The molecule has 106 valence electrons. The summed E-state index contributed by atoms with van der Waals surface area (Å²) in [6, 6.07) is 2.92. The van der Waals surface area contributed by atoms with Crippen molar-refractivity contribution in [3.63, 3.8) is 0 Å². The number of aromatic nitrogens is 2. The zero-order chi connectivity index (χ0) is 15.0. The molecule has 0 aliphatic rings. The summed E-state index contributed by atoms with van der Waals surface area (Å²) in [5.41, 5.74) is 1.44. The van der Waals surface area contributed by atoms with Crippen LogP contribution in [0.1, 0.15) is 22.5 Å². The zero-order valence-electron chi connectivity index (χ0n) is 10.9. The molecule has 0 saturated heterocycles. The van der Waals surface area contributed by atoms with Crippen LogP contribution in [-0.2, 0) is 6.18 Å². The second kappa shape index (κ2) is 4.93. The van der Waals surface area contributed by atoms with Crippen LogP contribution in [0.4, 0.5) is 13.2 Å². The molecule has 0 atom stereocenters. The monoisotopic (exact) mass is 306 g/mol. The van der Waals surface area contributed by atoms with E-state index in [2.05, 4.69) is 16.8 Å². The zero-order valence-corrected chi connectivity index (χ0v) is 11.7. The number of alkyl halides is 3. The van der Waals surface area contributed by atoms with E-state index < -0.39 is 11.7 Å². The highest BCUT2D eigenvalue weighted by molar-refractivity contribution is 7.08. The van der Waals surface area contributed by atoms with Gasteiger partial charge >= 0.3 is 6.18 Å². The predicted molar refractivity (Wildman–Crippen MR) is 75.2 cm³/mol. The quantitative estimate of drug-likeness (QED) is 0.571. The standard InChI is InChI=1S/C15H9F3N2S/c1-10-7-20-8-12(15(16,17)18)6-14(20)13(19-10)3-2-11-4-5-21-9-11/h4-9H,1H3. The van der Waals surface area contributed by atoms with E-state index >= 15 is 0 Å². The van der Waals surface area contributed by atoms with Crippen LogP contribution < -0.4 is 0 Å². The van der Waals surface area contributed by atoms with E-state index in [9.17, 15) is 13.2 Å². The van der Waals surface area contributed by atoms with Gasteiger partial charge in [-0.3, -0.25) is 0 Å². The van der Waals surface area contributed by atoms with Gasteiger partial charge in [-0.15, -0.1) is 0 Å². The molecule has 3 aromatic rings. The molecule has 3 rings (SSSR count). The highest BCUT2D eigenvalue weighted by Crippen LogP contribution is 2.31. The van der Waals surface area contributed by atoms with Crippen LogP contribution in [0.2, 0.25) is 0 Å². The number of fused-ring (bicyclic) bond motifs is 1. The molecular formula is C15H9F3N2S. The van der Waals surface area contributed by atoms with Crippen LogP contribution >= 0.6 is 11.3 Å². The first-order valence-electron chi connectivity index (χ1n) is 6.04. The molecule has 0 spiro atoms. The van der Waals surface area contributed by atoms with E-state index in [-0.39, 0.29) is 0 Å². The molecule has 0 saturated carbocycles. The minimum absolute atomic E-state index is 0.344. The molecule has 0 amide bonds. The van der Waals surface area contributed by atoms with Crippen molar-refractivity contribution in [3.05, 3.63) is 57.8 Å². The van der Waals surface area contributed by atoms with Crippen molar-refractivity contribution in [2.75, 3.05) is 0 Å². The molecule has 0 bridgehead atoms. The predicted octanol–water partition coefficient (Wildman–Crippen LogP) is 4.12. The SMILES string of the molecule is Cc1cn2cc(C(F)(F)F)cc2c(C#Cc2ccsc2)n1. The van der Waals surface area contributed by atoms with Gasteiger partial charge in [-0.05, 0) is 30.4 Å². The van der Waals surface area contributed by atoms with E-state index in [1.165, 1.54) is 15.7 Å². The molecule has 0 aromatic carbocycles. The Balaban J connectivity index is 2.15. The third-order valence-corrected chi connectivity index (χ3v) is 3.56. The summed E-state index contributed by atoms with van der Waals surface area (Å²) in [4.78, 5) is 4.24. The minimum atomic E-state index is -4.38. The van der Waals surface area contributed by atoms with Crippen LogP contribution in [0.15, 0.2) is 35.3 Å². The van der Waals surface area contributed by atoms with E-state index in [1.807, 2.05) is 16.8 Å². The van der Waals surface area contributed by atoms with Crippen molar-refractivity contribution in [1.82, 2.24) is 9.38 Å².